The Hall–Kier alpha value is -1.29. The zero-order valence-corrected chi connectivity index (χ0v) is 8.91. The molecule has 0 aromatic heterocycles. The molecule has 0 fully saturated rings. The second-order valence-electron chi connectivity index (χ2n) is 2.62. The van der Waals surface area contributed by atoms with Crippen molar-refractivity contribution in [3.8, 4) is 0 Å². The number of hydrogen-bond acceptors (Lipinski definition) is 3. The van der Waals surface area contributed by atoms with E-state index in [1.165, 1.54) is 0 Å². The van der Waals surface area contributed by atoms with Crippen LogP contribution >= 0.6 is 12.6 Å². The van der Waals surface area contributed by atoms with Gasteiger partial charge >= 0.3 is 0 Å². The highest BCUT2D eigenvalue weighted by Gasteiger charge is 1.95. The summed E-state index contributed by atoms with van der Waals surface area (Å²) in [6.07, 6.45) is 0. The molecule has 76 valence electrons. The fraction of sp³-hybridized carbons (Fsp3) is 0.200. The van der Waals surface area contributed by atoms with Crippen molar-refractivity contribution >= 4 is 24.4 Å². The van der Waals surface area contributed by atoms with E-state index in [-0.39, 0.29) is 5.78 Å². The Balaban J connectivity index is 0.000000364. The third-order valence-electron chi connectivity index (χ3n) is 1.27. The molecule has 1 rings (SSSR count). The molecule has 0 atom stereocenters. The Bertz CT molecular complexity index is 313. The molecule has 0 radical (unpaired) electrons. The van der Waals surface area contributed by atoms with Crippen LogP contribution in [0.1, 0.15) is 24.2 Å². The first-order valence-corrected chi connectivity index (χ1v) is 4.37. The normalized spacial score (nSPS) is 8.50. The lowest BCUT2D eigenvalue weighted by atomic mass is 10.2. The molecule has 0 aliphatic rings. The van der Waals surface area contributed by atoms with Crippen LogP contribution in [0.2, 0.25) is 0 Å². The molecular weight excluding hydrogens is 200 g/mol. The number of Topliss-reactive ketones (excluding diaryl/α,β-unsaturated/α-hetero) is 1. The van der Waals surface area contributed by atoms with E-state index in [0.29, 0.717) is 0 Å². The number of carboxylic acids is 1. The molecular formula is C10H12O3S. The summed E-state index contributed by atoms with van der Waals surface area (Å²) in [4.78, 5) is 20.6. The fourth-order valence-electron chi connectivity index (χ4n) is 0.696. The van der Waals surface area contributed by atoms with Crippen molar-refractivity contribution in [3.63, 3.8) is 0 Å². The molecule has 0 saturated carbocycles. The molecule has 0 aliphatic carbocycles. The van der Waals surface area contributed by atoms with Gasteiger partial charge in [0.05, 0.1) is 0 Å². The summed E-state index contributed by atoms with van der Waals surface area (Å²) in [6, 6.07) is 7.15. The van der Waals surface area contributed by atoms with Gasteiger partial charge in [-0.1, -0.05) is 12.1 Å². The van der Waals surface area contributed by atoms with E-state index in [0.717, 1.165) is 17.4 Å². The van der Waals surface area contributed by atoms with Crippen LogP contribution in [-0.2, 0) is 4.79 Å². The van der Waals surface area contributed by atoms with E-state index in [1.54, 1.807) is 31.2 Å². The minimum atomic E-state index is -0.833. The molecule has 0 aliphatic heterocycles. The van der Waals surface area contributed by atoms with Gasteiger partial charge in [-0.25, -0.2) is 0 Å². The summed E-state index contributed by atoms with van der Waals surface area (Å²) in [5.74, 6) is -0.742. The van der Waals surface area contributed by atoms with E-state index >= 15 is 0 Å². The summed E-state index contributed by atoms with van der Waals surface area (Å²) in [5.41, 5.74) is 0.734. The summed E-state index contributed by atoms with van der Waals surface area (Å²) in [6.45, 7) is 2.63. The maximum atomic E-state index is 10.7. The van der Waals surface area contributed by atoms with Crippen LogP contribution in [0.25, 0.3) is 0 Å². The zero-order valence-electron chi connectivity index (χ0n) is 8.02. The third-order valence-corrected chi connectivity index (χ3v) is 1.57. The Labute approximate surface area is 88.2 Å². The van der Waals surface area contributed by atoms with Crippen molar-refractivity contribution in [1.82, 2.24) is 0 Å². The predicted molar refractivity (Wildman–Crippen MR) is 57.0 cm³/mol. The van der Waals surface area contributed by atoms with Crippen LogP contribution in [0.15, 0.2) is 29.2 Å². The van der Waals surface area contributed by atoms with Crippen molar-refractivity contribution in [1.29, 1.82) is 0 Å². The van der Waals surface area contributed by atoms with Gasteiger partial charge in [0.2, 0.25) is 0 Å². The molecule has 4 heteroatoms. The van der Waals surface area contributed by atoms with Gasteiger partial charge in [0.25, 0.3) is 5.97 Å². The Morgan fingerprint density at radius 1 is 1.14 bits per heavy atom. The lowest BCUT2D eigenvalue weighted by Gasteiger charge is -1.93. The minimum Gasteiger partial charge on any atom is -0.481 e. The Morgan fingerprint density at radius 2 is 1.50 bits per heavy atom. The number of thiol groups is 1. The molecule has 1 aromatic rings. The van der Waals surface area contributed by atoms with Gasteiger partial charge in [0.15, 0.2) is 5.78 Å². The maximum absolute atomic E-state index is 10.7. The van der Waals surface area contributed by atoms with Gasteiger partial charge in [-0.2, -0.15) is 0 Å². The number of benzene rings is 1. The summed E-state index contributed by atoms with van der Waals surface area (Å²) >= 11 is 4.09. The predicted octanol–water partition coefficient (Wildman–Crippen LogP) is 2.27. The maximum Gasteiger partial charge on any atom is 0.300 e. The van der Waals surface area contributed by atoms with Crippen molar-refractivity contribution in [2.75, 3.05) is 0 Å². The number of carbonyl (C=O) groups is 2. The van der Waals surface area contributed by atoms with Gasteiger partial charge in [-0.3, -0.25) is 9.59 Å². The number of carbonyl (C=O) groups excluding carboxylic acids is 1. The van der Waals surface area contributed by atoms with E-state index < -0.39 is 5.97 Å². The highest BCUT2D eigenvalue weighted by molar-refractivity contribution is 7.80. The molecule has 1 aromatic carbocycles. The Morgan fingerprint density at radius 3 is 1.79 bits per heavy atom. The smallest absolute Gasteiger partial charge is 0.300 e. The van der Waals surface area contributed by atoms with Gasteiger partial charge in [0.1, 0.15) is 0 Å². The van der Waals surface area contributed by atoms with E-state index in [9.17, 15) is 4.79 Å². The highest BCUT2D eigenvalue weighted by atomic mass is 32.1. The molecule has 0 spiro atoms. The monoisotopic (exact) mass is 212 g/mol. The molecule has 0 bridgehead atoms. The van der Waals surface area contributed by atoms with Gasteiger partial charge in [-0.05, 0) is 19.1 Å². The average Bonchev–Trinajstić information content (AvgIpc) is 2.03. The summed E-state index contributed by atoms with van der Waals surface area (Å²) in [5, 5.41) is 7.42. The van der Waals surface area contributed by atoms with E-state index in [2.05, 4.69) is 12.6 Å². The van der Waals surface area contributed by atoms with Crippen molar-refractivity contribution in [2.45, 2.75) is 18.7 Å². The van der Waals surface area contributed by atoms with E-state index in [1.807, 2.05) is 0 Å². The minimum absolute atomic E-state index is 0.0910. The van der Waals surface area contributed by atoms with Gasteiger partial charge in [0, 0.05) is 17.4 Å². The summed E-state index contributed by atoms with van der Waals surface area (Å²) < 4.78 is 0. The van der Waals surface area contributed by atoms with Crippen LogP contribution < -0.4 is 0 Å². The number of carboxylic acid groups (broad SMARTS) is 1. The van der Waals surface area contributed by atoms with Crippen LogP contribution in [-0.4, -0.2) is 16.9 Å². The van der Waals surface area contributed by atoms with Crippen molar-refractivity contribution in [2.24, 2.45) is 0 Å². The van der Waals surface area contributed by atoms with Crippen LogP contribution in [0.5, 0.6) is 0 Å². The molecule has 0 heterocycles. The third kappa shape index (κ3) is 6.25. The van der Waals surface area contributed by atoms with Crippen molar-refractivity contribution < 1.29 is 14.7 Å². The number of rotatable bonds is 1. The standard InChI is InChI=1S/C8H8OS.C2H4O2/c1-6(9)7-2-4-8(10)5-3-7;1-2(3)4/h2-5,10H,1H3;1H3,(H,3,4). The largest absolute Gasteiger partial charge is 0.481 e. The quantitative estimate of drug-likeness (QED) is 0.554. The number of hydrogen-bond donors (Lipinski definition) is 2. The van der Waals surface area contributed by atoms with Gasteiger partial charge < -0.3 is 5.11 Å². The second-order valence-corrected chi connectivity index (χ2v) is 3.14. The second kappa shape index (κ2) is 6.21. The first-order valence-electron chi connectivity index (χ1n) is 3.93. The lowest BCUT2D eigenvalue weighted by molar-refractivity contribution is -0.134. The highest BCUT2D eigenvalue weighted by Crippen LogP contribution is 2.07. The van der Waals surface area contributed by atoms with Crippen LogP contribution in [0.3, 0.4) is 0 Å². The molecule has 0 amide bonds. The topological polar surface area (TPSA) is 54.4 Å². The summed E-state index contributed by atoms with van der Waals surface area (Å²) in [7, 11) is 0. The first-order chi connectivity index (χ1) is 6.43. The molecule has 0 saturated heterocycles. The molecule has 0 unspecified atom stereocenters. The van der Waals surface area contributed by atoms with Crippen LogP contribution in [0, 0.1) is 0 Å². The number of ketones is 1. The van der Waals surface area contributed by atoms with Crippen LogP contribution in [0.4, 0.5) is 0 Å². The Kier molecular flexibility index (Phi) is 5.64. The molecule has 3 nitrogen and oxygen atoms in total. The molecule has 14 heavy (non-hydrogen) atoms. The van der Waals surface area contributed by atoms with Crippen molar-refractivity contribution in [3.05, 3.63) is 29.8 Å². The lowest BCUT2D eigenvalue weighted by Crippen LogP contribution is -1.89. The fourth-order valence-corrected chi connectivity index (χ4v) is 0.845. The first kappa shape index (κ1) is 12.7. The molecule has 1 N–H and O–H groups in total. The SMILES string of the molecule is CC(=O)O.CC(=O)c1ccc(S)cc1. The zero-order chi connectivity index (χ0) is 11.1. The number of aliphatic carboxylic acids is 1. The van der Waals surface area contributed by atoms with Gasteiger partial charge in [-0.15, -0.1) is 12.6 Å². The average molecular weight is 212 g/mol. The van der Waals surface area contributed by atoms with E-state index in [4.69, 9.17) is 9.90 Å².